The topological polar surface area (TPSA) is 53.5 Å². The van der Waals surface area contributed by atoms with Crippen LogP contribution in [0.2, 0.25) is 0 Å². The van der Waals surface area contributed by atoms with Crippen molar-refractivity contribution < 1.29 is 9.94 Å². The fourth-order valence-electron chi connectivity index (χ4n) is 0.814. The molecule has 0 amide bonds. The van der Waals surface area contributed by atoms with Gasteiger partial charge in [0.2, 0.25) is 0 Å². The molecule has 0 aromatic carbocycles. The first-order valence-corrected chi connectivity index (χ1v) is 3.05. The van der Waals surface area contributed by atoms with E-state index < -0.39 is 6.35 Å². The first-order chi connectivity index (χ1) is 4.24. The predicted octanol–water partition coefficient (Wildman–Crippen LogP) is -0.354. The van der Waals surface area contributed by atoms with Crippen LogP contribution in [0, 0.1) is 0 Å². The third-order valence-electron chi connectivity index (χ3n) is 1.59. The molecule has 4 nitrogen and oxygen atoms in total. The lowest BCUT2D eigenvalue weighted by Gasteiger charge is -2.05. The van der Waals surface area contributed by atoms with E-state index in [2.05, 4.69) is 5.32 Å². The third-order valence-corrected chi connectivity index (χ3v) is 1.59. The summed E-state index contributed by atoms with van der Waals surface area (Å²) in [5.74, 6) is 0. The summed E-state index contributed by atoms with van der Waals surface area (Å²) in [7, 11) is 0. The number of nitrogens with one attached hydrogen (secondary N) is 2. The van der Waals surface area contributed by atoms with Crippen molar-refractivity contribution in [2.75, 3.05) is 0 Å². The van der Waals surface area contributed by atoms with Gasteiger partial charge < -0.3 is 9.94 Å². The minimum absolute atomic E-state index is 0.162. The molecule has 0 aromatic rings. The highest BCUT2D eigenvalue weighted by Gasteiger charge is 2.26. The van der Waals surface area contributed by atoms with Crippen LogP contribution in [0.15, 0.2) is 0 Å². The summed E-state index contributed by atoms with van der Waals surface area (Å²) >= 11 is 0. The summed E-state index contributed by atoms with van der Waals surface area (Å²) in [5.41, 5.74) is 1.99. The van der Waals surface area contributed by atoms with Gasteiger partial charge in [-0.05, 0) is 13.8 Å². The zero-order chi connectivity index (χ0) is 6.85. The van der Waals surface area contributed by atoms with Crippen molar-refractivity contribution in [1.29, 1.82) is 0 Å². The number of hydrogen-bond acceptors (Lipinski definition) is 4. The van der Waals surface area contributed by atoms with Crippen LogP contribution < -0.4 is 10.8 Å². The Balaban J connectivity index is 2.35. The molecule has 0 bridgehead atoms. The van der Waals surface area contributed by atoms with Gasteiger partial charge in [0.25, 0.3) is 0 Å². The molecule has 1 heterocycles. The fraction of sp³-hybridized carbons (Fsp3) is 1.00. The Kier molecular flexibility index (Phi) is 2.02. The third kappa shape index (κ3) is 1.40. The molecule has 1 aliphatic rings. The van der Waals surface area contributed by atoms with Crippen molar-refractivity contribution in [2.24, 2.45) is 0 Å². The molecule has 1 aliphatic heterocycles. The van der Waals surface area contributed by atoms with Gasteiger partial charge in [0, 0.05) is 6.04 Å². The standard InChI is InChI=1S/C5H12N2O2/c1-3-4(2)9-5(6-3)7-8/h3-8H,1-2H3. The molecule has 1 fully saturated rings. The predicted molar refractivity (Wildman–Crippen MR) is 31.9 cm³/mol. The molecule has 0 saturated carbocycles. The normalized spacial score (nSPS) is 43.7. The van der Waals surface area contributed by atoms with Gasteiger partial charge in [-0.3, -0.25) is 5.32 Å². The fourth-order valence-corrected chi connectivity index (χ4v) is 0.814. The molecule has 1 saturated heterocycles. The van der Waals surface area contributed by atoms with E-state index in [1.165, 1.54) is 0 Å². The van der Waals surface area contributed by atoms with Crippen LogP contribution in [-0.2, 0) is 4.74 Å². The van der Waals surface area contributed by atoms with E-state index in [0.29, 0.717) is 6.04 Å². The number of rotatable bonds is 1. The summed E-state index contributed by atoms with van der Waals surface area (Å²) in [6, 6.07) is 0.301. The average Bonchev–Trinajstić information content (AvgIpc) is 2.13. The minimum atomic E-state index is -0.394. The Hall–Kier alpha value is -0.160. The van der Waals surface area contributed by atoms with Gasteiger partial charge in [-0.15, -0.1) is 0 Å². The van der Waals surface area contributed by atoms with E-state index in [4.69, 9.17) is 9.94 Å². The van der Waals surface area contributed by atoms with Gasteiger partial charge in [-0.2, -0.15) is 5.48 Å². The molecule has 1 rings (SSSR count). The van der Waals surface area contributed by atoms with Gasteiger partial charge in [0.1, 0.15) is 0 Å². The second-order valence-corrected chi connectivity index (χ2v) is 2.31. The van der Waals surface area contributed by atoms with Crippen LogP contribution >= 0.6 is 0 Å². The molecule has 0 spiro atoms. The summed E-state index contributed by atoms with van der Waals surface area (Å²) in [6.07, 6.45) is -0.232. The largest absolute Gasteiger partial charge is 0.343 e. The Labute approximate surface area is 54.2 Å². The van der Waals surface area contributed by atoms with Crippen LogP contribution in [0.25, 0.3) is 0 Å². The Morgan fingerprint density at radius 2 is 2.22 bits per heavy atom. The van der Waals surface area contributed by atoms with Gasteiger partial charge in [-0.25, -0.2) is 0 Å². The molecule has 3 N–H and O–H groups in total. The smallest absolute Gasteiger partial charge is 0.185 e. The lowest BCUT2D eigenvalue weighted by molar-refractivity contribution is -0.0503. The van der Waals surface area contributed by atoms with Crippen LogP contribution in [0.5, 0.6) is 0 Å². The lowest BCUT2D eigenvalue weighted by Crippen LogP contribution is -2.38. The van der Waals surface area contributed by atoms with E-state index in [0.717, 1.165) is 0 Å². The summed E-state index contributed by atoms with van der Waals surface area (Å²) in [4.78, 5) is 0. The van der Waals surface area contributed by atoms with Crippen molar-refractivity contribution in [3.8, 4) is 0 Å². The van der Waals surface area contributed by atoms with E-state index in [1.54, 1.807) is 0 Å². The molecule has 0 radical (unpaired) electrons. The molecular weight excluding hydrogens is 120 g/mol. The summed E-state index contributed by atoms with van der Waals surface area (Å²) in [6.45, 7) is 3.96. The maximum absolute atomic E-state index is 8.36. The molecule has 0 aromatic heterocycles. The van der Waals surface area contributed by atoms with Gasteiger partial charge in [0.05, 0.1) is 6.10 Å². The SMILES string of the molecule is CC1NC(NO)OC1C. The minimum Gasteiger partial charge on any atom is -0.343 e. The number of hydrogen-bond donors (Lipinski definition) is 3. The molecule has 3 unspecified atom stereocenters. The van der Waals surface area contributed by atoms with Crippen LogP contribution in [-0.4, -0.2) is 23.7 Å². The van der Waals surface area contributed by atoms with Crippen molar-refractivity contribution in [1.82, 2.24) is 10.8 Å². The van der Waals surface area contributed by atoms with Crippen LogP contribution in [0.3, 0.4) is 0 Å². The molecule has 54 valence electrons. The number of hydroxylamine groups is 1. The van der Waals surface area contributed by atoms with Gasteiger partial charge in [-0.1, -0.05) is 0 Å². The molecule has 3 atom stereocenters. The van der Waals surface area contributed by atoms with Crippen LogP contribution in [0.1, 0.15) is 13.8 Å². The second-order valence-electron chi connectivity index (χ2n) is 2.31. The molecular formula is C5H12N2O2. The number of ether oxygens (including phenoxy) is 1. The van der Waals surface area contributed by atoms with Gasteiger partial charge >= 0.3 is 0 Å². The first-order valence-electron chi connectivity index (χ1n) is 3.05. The van der Waals surface area contributed by atoms with E-state index in [1.807, 2.05) is 19.3 Å². The van der Waals surface area contributed by atoms with E-state index in [-0.39, 0.29) is 6.10 Å². The first kappa shape index (κ1) is 6.95. The summed E-state index contributed by atoms with van der Waals surface area (Å²) in [5, 5.41) is 11.3. The highest BCUT2D eigenvalue weighted by molar-refractivity contribution is 4.75. The van der Waals surface area contributed by atoms with Crippen molar-refractivity contribution in [2.45, 2.75) is 32.3 Å². The van der Waals surface area contributed by atoms with Crippen molar-refractivity contribution in [3.63, 3.8) is 0 Å². The molecule has 9 heavy (non-hydrogen) atoms. The van der Waals surface area contributed by atoms with Crippen molar-refractivity contribution in [3.05, 3.63) is 0 Å². The highest BCUT2D eigenvalue weighted by Crippen LogP contribution is 2.07. The Morgan fingerprint density at radius 3 is 2.44 bits per heavy atom. The quantitative estimate of drug-likeness (QED) is 0.427. The monoisotopic (exact) mass is 132 g/mol. The van der Waals surface area contributed by atoms with Gasteiger partial charge in [0.15, 0.2) is 6.35 Å². The molecule has 0 aliphatic carbocycles. The maximum atomic E-state index is 8.36. The Morgan fingerprint density at radius 1 is 1.56 bits per heavy atom. The van der Waals surface area contributed by atoms with E-state index in [9.17, 15) is 0 Å². The van der Waals surface area contributed by atoms with Crippen LogP contribution in [0.4, 0.5) is 0 Å². The average molecular weight is 132 g/mol. The lowest BCUT2D eigenvalue weighted by atomic mass is 10.2. The Bertz CT molecular complexity index is 89.0. The summed E-state index contributed by atoms with van der Waals surface area (Å²) < 4.78 is 5.15. The maximum Gasteiger partial charge on any atom is 0.185 e. The van der Waals surface area contributed by atoms with Crippen molar-refractivity contribution >= 4 is 0 Å². The zero-order valence-electron chi connectivity index (χ0n) is 5.59. The molecule has 4 heteroatoms. The van der Waals surface area contributed by atoms with E-state index >= 15 is 0 Å². The second kappa shape index (κ2) is 2.62. The highest BCUT2D eigenvalue weighted by atomic mass is 16.6. The zero-order valence-corrected chi connectivity index (χ0v) is 5.59.